The van der Waals surface area contributed by atoms with E-state index >= 15 is 0 Å². The van der Waals surface area contributed by atoms with Crippen LogP contribution in [0.3, 0.4) is 0 Å². The molecule has 5 heteroatoms. The average molecular weight is 510 g/mol. The van der Waals surface area contributed by atoms with Crippen molar-refractivity contribution >= 4 is 17.3 Å². The molecular weight excluding hydrogens is 470 g/mol. The molecule has 1 heterocycles. The second-order valence-electron chi connectivity index (χ2n) is 11.2. The van der Waals surface area contributed by atoms with Crippen molar-refractivity contribution in [2.75, 3.05) is 10.6 Å². The van der Waals surface area contributed by atoms with Crippen LogP contribution in [0, 0.1) is 11.8 Å². The number of ether oxygens (including phenoxy) is 1. The van der Waals surface area contributed by atoms with Crippen LogP contribution < -0.4 is 20.7 Å². The lowest BCUT2D eigenvalue weighted by atomic mass is 9.70. The number of anilines is 2. The lowest BCUT2D eigenvalue weighted by Gasteiger charge is -2.44. The van der Waals surface area contributed by atoms with Crippen molar-refractivity contribution in [2.45, 2.75) is 75.9 Å². The first-order chi connectivity index (χ1) is 18.7. The fourth-order valence-corrected chi connectivity index (χ4v) is 6.88. The molecule has 3 aromatic carbocycles. The summed E-state index contributed by atoms with van der Waals surface area (Å²) >= 11 is 0. The summed E-state index contributed by atoms with van der Waals surface area (Å²) in [6.07, 6.45) is 11.5. The molecule has 2 aliphatic carbocycles. The van der Waals surface area contributed by atoms with Gasteiger partial charge in [0.05, 0.1) is 17.3 Å². The molecule has 1 amide bonds. The molecule has 2 fully saturated rings. The Morgan fingerprint density at radius 3 is 2.00 bits per heavy atom. The summed E-state index contributed by atoms with van der Waals surface area (Å²) < 4.78 is 6.50. The predicted molar refractivity (Wildman–Crippen MR) is 153 cm³/mol. The van der Waals surface area contributed by atoms with E-state index in [4.69, 9.17) is 4.74 Å². The highest BCUT2D eigenvalue weighted by Crippen LogP contribution is 2.51. The van der Waals surface area contributed by atoms with Gasteiger partial charge in [-0.05, 0) is 61.9 Å². The van der Waals surface area contributed by atoms with E-state index in [0.717, 1.165) is 54.1 Å². The third-order valence-electron chi connectivity index (χ3n) is 8.70. The van der Waals surface area contributed by atoms with E-state index in [-0.39, 0.29) is 23.8 Å². The van der Waals surface area contributed by atoms with Gasteiger partial charge in [-0.2, -0.15) is 0 Å². The Hall–Kier alpha value is -3.47. The van der Waals surface area contributed by atoms with Crippen LogP contribution in [0.25, 0.3) is 0 Å². The molecule has 6 rings (SSSR count). The van der Waals surface area contributed by atoms with Crippen LogP contribution in [-0.2, 0) is 10.5 Å². The SMILES string of the molecule is O=C(NC1CCCCC1)C(C1CCCCC1)C1(c2ccccc2Oc2ccccc2)Nc2ccccc2N1. The highest BCUT2D eigenvalue weighted by Gasteiger charge is 2.53. The van der Waals surface area contributed by atoms with Gasteiger partial charge < -0.3 is 20.7 Å². The molecule has 0 saturated heterocycles. The second kappa shape index (κ2) is 11.1. The third-order valence-corrected chi connectivity index (χ3v) is 8.70. The lowest BCUT2D eigenvalue weighted by Crippen LogP contribution is -2.57. The highest BCUT2D eigenvalue weighted by molar-refractivity contribution is 5.87. The van der Waals surface area contributed by atoms with E-state index in [0.29, 0.717) is 0 Å². The maximum atomic E-state index is 14.5. The van der Waals surface area contributed by atoms with Crippen LogP contribution in [0.1, 0.15) is 69.8 Å². The lowest BCUT2D eigenvalue weighted by molar-refractivity contribution is -0.130. The summed E-state index contributed by atoms with van der Waals surface area (Å²) in [7, 11) is 0. The summed E-state index contributed by atoms with van der Waals surface area (Å²) in [5, 5.41) is 11.2. The quantitative estimate of drug-likeness (QED) is 0.304. The Bertz CT molecular complexity index is 1210. The van der Waals surface area contributed by atoms with Gasteiger partial charge in [-0.15, -0.1) is 0 Å². The van der Waals surface area contributed by atoms with Crippen LogP contribution in [0.2, 0.25) is 0 Å². The minimum Gasteiger partial charge on any atom is -0.457 e. The van der Waals surface area contributed by atoms with Gasteiger partial charge in [-0.3, -0.25) is 4.79 Å². The molecule has 0 radical (unpaired) electrons. The summed E-state index contributed by atoms with van der Waals surface area (Å²) in [5.41, 5.74) is 2.19. The van der Waals surface area contributed by atoms with E-state index in [1.807, 2.05) is 54.6 Å². The van der Waals surface area contributed by atoms with Crippen molar-refractivity contribution < 1.29 is 9.53 Å². The normalized spacial score (nSPS) is 20.0. The Morgan fingerprint density at radius 2 is 1.32 bits per heavy atom. The standard InChI is InChI=1S/C33H39N3O2/c37-32(34-25-16-6-2-7-17-25)31(24-14-4-1-5-15-24)33(35-28-21-11-12-22-29(28)36-33)27-20-10-13-23-30(27)38-26-18-8-3-9-19-26/h3,8-13,18-25,31,35-36H,1-2,4-7,14-17H2,(H,34,37). The van der Waals surface area contributed by atoms with Gasteiger partial charge in [0.2, 0.25) is 5.91 Å². The van der Waals surface area contributed by atoms with Crippen molar-refractivity contribution in [2.24, 2.45) is 11.8 Å². The Balaban J connectivity index is 1.45. The number of para-hydroxylation sites is 4. The van der Waals surface area contributed by atoms with Crippen LogP contribution in [0.4, 0.5) is 11.4 Å². The maximum Gasteiger partial charge on any atom is 0.228 e. The number of benzene rings is 3. The molecule has 5 nitrogen and oxygen atoms in total. The van der Waals surface area contributed by atoms with Crippen molar-refractivity contribution in [3.63, 3.8) is 0 Å². The van der Waals surface area contributed by atoms with Gasteiger partial charge >= 0.3 is 0 Å². The van der Waals surface area contributed by atoms with Gasteiger partial charge in [0, 0.05) is 11.6 Å². The number of rotatable bonds is 7. The van der Waals surface area contributed by atoms with E-state index in [1.54, 1.807) is 0 Å². The smallest absolute Gasteiger partial charge is 0.228 e. The minimum atomic E-state index is -0.824. The van der Waals surface area contributed by atoms with Crippen molar-refractivity contribution in [1.29, 1.82) is 0 Å². The molecule has 3 N–H and O–H groups in total. The molecular formula is C33H39N3O2. The van der Waals surface area contributed by atoms with Crippen molar-refractivity contribution in [3.05, 3.63) is 84.4 Å². The van der Waals surface area contributed by atoms with Gasteiger partial charge in [0.25, 0.3) is 0 Å². The van der Waals surface area contributed by atoms with Gasteiger partial charge in [-0.25, -0.2) is 0 Å². The number of fused-ring (bicyclic) bond motifs is 1. The molecule has 2 saturated carbocycles. The summed E-state index contributed by atoms with van der Waals surface area (Å²) in [6.45, 7) is 0. The molecule has 0 aromatic heterocycles. The zero-order valence-corrected chi connectivity index (χ0v) is 22.1. The van der Waals surface area contributed by atoms with E-state index in [9.17, 15) is 4.79 Å². The Morgan fingerprint density at radius 1 is 0.737 bits per heavy atom. The van der Waals surface area contributed by atoms with Crippen LogP contribution in [0.15, 0.2) is 78.9 Å². The summed E-state index contributed by atoms with van der Waals surface area (Å²) in [6, 6.07) is 26.7. The summed E-state index contributed by atoms with van der Waals surface area (Å²) in [5.74, 6) is 1.68. The van der Waals surface area contributed by atoms with Gasteiger partial charge in [0.1, 0.15) is 11.5 Å². The number of hydrogen-bond acceptors (Lipinski definition) is 4. The number of carbonyl (C=O) groups is 1. The van der Waals surface area contributed by atoms with Crippen molar-refractivity contribution in [3.8, 4) is 11.5 Å². The molecule has 1 atom stereocenters. The molecule has 198 valence electrons. The molecule has 3 aliphatic rings. The molecule has 1 aliphatic heterocycles. The van der Waals surface area contributed by atoms with Gasteiger partial charge in [-0.1, -0.05) is 87.1 Å². The minimum absolute atomic E-state index is 0.158. The zero-order valence-electron chi connectivity index (χ0n) is 22.1. The topological polar surface area (TPSA) is 62.4 Å². The fraction of sp³-hybridized carbons (Fsp3) is 0.424. The first-order valence-corrected chi connectivity index (χ1v) is 14.5. The Kier molecular flexibility index (Phi) is 7.26. The van der Waals surface area contributed by atoms with E-state index < -0.39 is 5.66 Å². The first kappa shape index (κ1) is 24.8. The Labute approximate surface area is 226 Å². The van der Waals surface area contributed by atoms with E-state index in [1.165, 1.54) is 38.5 Å². The highest BCUT2D eigenvalue weighted by atomic mass is 16.5. The molecule has 1 unspecified atom stereocenters. The summed E-state index contributed by atoms with van der Waals surface area (Å²) in [4.78, 5) is 14.5. The van der Waals surface area contributed by atoms with Crippen LogP contribution >= 0.6 is 0 Å². The number of hydrogen-bond donors (Lipinski definition) is 3. The average Bonchev–Trinajstić information content (AvgIpc) is 3.35. The third kappa shape index (κ3) is 4.99. The molecule has 38 heavy (non-hydrogen) atoms. The zero-order chi connectivity index (χ0) is 25.8. The van der Waals surface area contributed by atoms with E-state index in [2.05, 4.69) is 40.2 Å². The number of carbonyl (C=O) groups excluding carboxylic acids is 1. The fourth-order valence-electron chi connectivity index (χ4n) is 6.88. The van der Waals surface area contributed by atoms with Gasteiger partial charge in [0.15, 0.2) is 5.66 Å². The molecule has 3 aromatic rings. The molecule has 0 bridgehead atoms. The number of amides is 1. The maximum absolute atomic E-state index is 14.5. The largest absolute Gasteiger partial charge is 0.457 e. The predicted octanol–water partition coefficient (Wildman–Crippen LogP) is 7.81. The van der Waals surface area contributed by atoms with Crippen molar-refractivity contribution in [1.82, 2.24) is 5.32 Å². The number of nitrogens with one attached hydrogen (secondary N) is 3. The molecule has 0 spiro atoms. The van der Waals surface area contributed by atoms with Crippen LogP contribution in [-0.4, -0.2) is 11.9 Å². The first-order valence-electron chi connectivity index (χ1n) is 14.5. The van der Waals surface area contributed by atoms with Crippen LogP contribution in [0.5, 0.6) is 11.5 Å². The second-order valence-corrected chi connectivity index (χ2v) is 11.2. The monoisotopic (exact) mass is 509 g/mol.